The predicted molar refractivity (Wildman–Crippen MR) is 150 cm³/mol. The number of anilines is 3. The van der Waals surface area contributed by atoms with E-state index in [0.717, 1.165) is 54.6 Å². The molecule has 0 aromatic heterocycles. The van der Waals surface area contributed by atoms with Crippen LogP contribution in [0, 0.1) is 30.3 Å². The maximum absolute atomic E-state index is 14.1. The summed E-state index contributed by atoms with van der Waals surface area (Å²) in [7, 11) is -1.79. The number of nitrogens with two attached hydrogens (primary N) is 3. The highest BCUT2D eigenvalue weighted by atomic mass is 31.2. The van der Waals surface area contributed by atoms with Gasteiger partial charge in [-0.05, 0) is 18.2 Å². The fourth-order valence-electron chi connectivity index (χ4n) is 3.39. The van der Waals surface area contributed by atoms with Gasteiger partial charge in [-0.25, -0.2) is 22.1 Å². The first-order chi connectivity index (χ1) is 20.7. The van der Waals surface area contributed by atoms with Gasteiger partial charge in [-0.2, -0.15) is 15.5 Å². The molecule has 23 heteroatoms. The van der Waals surface area contributed by atoms with E-state index >= 15 is 0 Å². The minimum Gasteiger partial charge on any atom is -0.494 e. The Balaban J connectivity index is 2.09. The molecule has 0 heterocycles. The minimum atomic E-state index is -5.37. The predicted octanol–water partition coefficient (Wildman–Crippen LogP) is 2.78. The molecule has 0 aliphatic rings. The van der Waals surface area contributed by atoms with Crippen molar-refractivity contribution < 1.29 is 47.4 Å². The molecule has 0 aliphatic carbocycles. The van der Waals surface area contributed by atoms with E-state index in [1.54, 1.807) is 0 Å². The van der Waals surface area contributed by atoms with Crippen LogP contribution in [-0.2, 0) is 18.4 Å². The number of hydrogen-bond donors (Lipinski definition) is 3. The molecule has 0 saturated heterocycles. The van der Waals surface area contributed by atoms with Crippen molar-refractivity contribution in [2.75, 3.05) is 36.8 Å². The summed E-state index contributed by atoms with van der Waals surface area (Å²) in [5.74, 6) is 17.4. The van der Waals surface area contributed by atoms with Gasteiger partial charge in [0.25, 0.3) is 17.1 Å². The lowest BCUT2D eigenvalue weighted by Gasteiger charge is -2.30. The first kappa shape index (κ1) is 33.2. The van der Waals surface area contributed by atoms with Gasteiger partial charge in [-0.15, -0.1) is 13.9 Å². The van der Waals surface area contributed by atoms with E-state index in [4.69, 9.17) is 45.6 Å². The van der Waals surface area contributed by atoms with E-state index in [9.17, 15) is 34.9 Å². The number of nitro groups is 3. The van der Waals surface area contributed by atoms with E-state index in [2.05, 4.69) is 0 Å². The Morgan fingerprint density at radius 2 is 0.818 bits per heavy atom. The number of nitrogens with zero attached hydrogens (tertiary/aromatic N) is 6. The van der Waals surface area contributed by atoms with E-state index < -0.39 is 39.7 Å². The van der Waals surface area contributed by atoms with Gasteiger partial charge < -0.3 is 14.2 Å². The average Bonchev–Trinajstić information content (AvgIpc) is 2.99. The normalized spacial score (nSPS) is 11.0. The number of phosphoric acid groups is 1. The molecule has 0 bridgehead atoms. The largest absolute Gasteiger partial charge is 0.543 e. The maximum Gasteiger partial charge on any atom is 0.543 e. The average molecular weight is 641 g/mol. The van der Waals surface area contributed by atoms with Crippen LogP contribution in [0.2, 0.25) is 0 Å². The number of non-ortho nitro benzene ring substituents is 3. The SMILES string of the molecule is COc1ccc([N+](=O)[O-])cc1N(N)OP(=O)(ON(N)c1cc([N+](=O)[O-])ccc1OC)ON(N)c1cc([N+](=O)[O-])ccc1OC. The second-order valence-corrected chi connectivity index (χ2v) is 9.39. The van der Waals surface area contributed by atoms with Crippen molar-refractivity contribution in [3.05, 3.63) is 84.9 Å². The first-order valence-electron chi connectivity index (χ1n) is 11.5. The van der Waals surface area contributed by atoms with Gasteiger partial charge in [0.1, 0.15) is 34.3 Å². The van der Waals surface area contributed by atoms with Crippen LogP contribution in [0.5, 0.6) is 17.2 Å². The monoisotopic (exact) mass is 641 g/mol. The van der Waals surface area contributed by atoms with Gasteiger partial charge in [0.15, 0.2) is 0 Å². The maximum atomic E-state index is 14.1. The molecule has 3 aromatic carbocycles. The number of rotatable bonds is 15. The number of benzene rings is 3. The molecule has 0 atom stereocenters. The molecule has 0 saturated carbocycles. The fourth-order valence-corrected chi connectivity index (χ4v) is 4.39. The van der Waals surface area contributed by atoms with Crippen molar-refractivity contribution in [3.63, 3.8) is 0 Å². The van der Waals surface area contributed by atoms with Crippen LogP contribution in [0.1, 0.15) is 0 Å². The van der Waals surface area contributed by atoms with Crippen molar-refractivity contribution >= 4 is 41.9 Å². The van der Waals surface area contributed by atoms with Gasteiger partial charge in [0, 0.05) is 36.4 Å². The highest BCUT2D eigenvalue weighted by molar-refractivity contribution is 7.48. The summed E-state index contributed by atoms with van der Waals surface area (Å²) in [6, 6.07) is 9.34. The van der Waals surface area contributed by atoms with Crippen LogP contribution < -0.4 is 47.3 Å². The summed E-state index contributed by atoms with van der Waals surface area (Å²) in [4.78, 5) is 31.7. The molecule has 0 amide bonds. The van der Waals surface area contributed by atoms with Crippen molar-refractivity contribution in [2.45, 2.75) is 0 Å². The highest BCUT2D eigenvalue weighted by Gasteiger charge is 2.39. The second-order valence-electron chi connectivity index (χ2n) is 8.01. The third-order valence-corrected chi connectivity index (χ3v) is 6.52. The standard InChI is InChI=1S/C21H24N9O13P/c1-38-19-7-4-13(28(31)32)10-16(19)25(22)41-44(37,42-26(23)17-11-14(29(33)34)5-8-20(17)39-2)43-27(24)18-12-15(30(35)36)6-9-21(18)40-3/h4-12H,22-24H2,1-3H3. The number of methoxy groups -OCH3 is 3. The molecule has 3 aromatic rings. The molecule has 0 spiro atoms. The zero-order valence-electron chi connectivity index (χ0n) is 22.9. The second kappa shape index (κ2) is 13.7. The number of nitro benzene ring substituents is 3. The molecule has 0 radical (unpaired) electrons. The van der Waals surface area contributed by atoms with Crippen LogP contribution in [0.15, 0.2) is 54.6 Å². The van der Waals surface area contributed by atoms with Gasteiger partial charge in [-0.3, -0.25) is 30.3 Å². The van der Waals surface area contributed by atoms with Crippen LogP contribution >= 0.6 is 7.82 Å². The Hall–Kier alpha value is -5.35. The van der Waals surface area contributed by atoms with Crippen molar-refractivity contribution in [1.82, 2.24) is 0 Å². The Labute approximate surface area is 246 Å². The van der Waals surface area contributed by atoms with Gasteiger partial charge in [-0.1, -0.05) is 0 Å². The van der Waals surface area contributed by atoms with Crippen LogP contribution in [0.25, 0.3) is 0 Å². The highest BCUT2D eigenvalue weighted by Crippen LogP contribution is 2.54. The van der Waals surface area contributed by atoms with E-state index in [0.29, 0.717) is 0 Å². The molecule has 6 N–H and O–H groups in total. The smallest absolute Gasteiger partial charge is 0.494 e. The Morgan fingerprint density at radius 3 is 1.02 bits per heavy atom. The van der Waals surface area contributed by atoms with E-state index in [1.165, 1.54) is 21.3 Å². The molecule has 22 nitrogen and oxygen atoms in total. The molecule has 0 unspecified atom stereocenters. The van der Waals surface area contributed by atoms with Crippen molar-refractivity contribution in [3.8, 4) is 17.2 Å². The molecular formula is C21H24N9O13P. The molecule has 0 aliphatic heterocycles. The van der Waals surface area contributed by atoms with Gasteiger partial charge in [0.2, 0.25) is 0 Å². The quantitative estimate of drug-likeness (QED) is 0.0929. The number of hydrazine groups is 3. The summed E-state index contributed by atoms with van der Waals surface area (Å²) >= 11 is 0. The van der Waals surface area contributed by atoms with E-state index in [-0.39, 0.29) is 49.8 Å². The lowest BCUT2D eigenvalue weighted by molar-refractivity contribution is -0.385. The van der Waals surface area contributed by atoms with Crippen LogP contribution in [0.3, 0.4) is 0 Å². The van der Waals surface area contributed by atoms with Crippen molar-refractivity contribution in [2.24, 2.45) is 17.5 Å². The summed E-state index contributed by atoms with van der Waals surface area (Å²) < 4.78 is 45.1. The Morgan fingerprint density at radius 1 is 0.568 bits per heavy atom. The zero-order chi connectivity index (χ0) is 32.8. The fraction of sp³-hybridized carbons (Fsp3) is 0.143. The molecular weight excluding hydrogens is 617 g/mol. The number of hydrogen-bond acceptors (Lipinski definition) is 19. The minimum absolute atomic E-state index is 0.112. The third-order valence-electron chi connectivity index (χ3n) is 5.40. The number of ether oxygens (including phenoxy) is 3. The van der Waals surface area contributed by atoms with Gasteiger partial charge in [0.05, 0.1) is 36.1 Å². The summed E-state index contributed by atoms with van der Waals surface area (Å²) in [5.41, 5.74) is -2.58. The molecule has 44 heavy (non-hydrogen) atoms. The molecule has 0 fully saturated rings. The van der Waals surface area contributed by atoms with Crippen LogP contribution in [0.4, 0.5) is 34.1 Å². The topological polar surface area (TPSA) is 290 Å². The summed E-state index contributed by atoms with van der Waals surface area (Å²) in [6.07, 6.45) is 0. The first-order valence-corrected chi connectivity index (χ1v) is 13.0. The Kier molecular flexibility index (Phi) is 10.4. The molecule has 236 valence electrons. The third kappa shape index (κ3) is 7.53. The lowest BCUT2D eigenvalue weighted by Crippen LogP contribution is -2.39. The van der Waals surface area contributed by atoms with Crippen LogP contribution in [-0.4, -0.2) is 36.1 Å². The molecule has 3 rings (SSSR count). The lowest BCUT2D eigenvalue weighted by atomic mass is 10.2. The van der Waals surface area contributed by atoms with Crippen molar-refractivity contribution in [1.29, 1.82) is 0 Å². The summed E-state index contributed by atoms with van der Waals surface area (Å²) in [6.45, 7) is 0. The zero-order valence-corrected chi connectivity index (χ0v) is 23.8. The Bertz CT molecular complexity index is 1430. The summed E-state index contributed by atoms with van der Waals surface area (Å²) in [5, 5.41) is 34.6. The van der Waals surface area contributed by atoms with E-state index in [1.807, 2.05) is 0 Å². The van der Waals surface area contributed by atoms with Gasteiger partial charge >= 0.3 is 7.82 Å².